The highest BCUT2D eigenvalue weighted by atomic mass is 19.1. The third-order valence-corrected chi connectivity index (χ3v) is 3.33. The lowest BCUT2D eigenvalue weighted by Gasteiger charge is -2.12. The highest BCUT2D eigenvalue weighted by Crippen LogP contribution is 2.14. The summed E-state index contributed by atoms with van der Waals surface area (Å²) in [6, 6.07) is 11.7. The molecule has 0 radical (unpaired) electrons. The highest BCUT2D eigenvalue weighted by molar-refractivity contribution is 5.73. The van der Waals surface area contributed by atoms with Gasteiger partial charge >= 0.3 is 6.03 Å². The third-order valence-electron chi connectivity index (χ3n) is 3.33. The van der Waals surface area contributed by atoms with Crippen molar-refractivity contribution in [3.8, 4) is 0 Å². The molecule has 6 heteroatoms. The van der Waals surface area contributed by atoms with Crippen molar-refractivity contribution in [3.63, 3.8) is 0 Å². The predicted octanol–water partition coefficient (Wildman–Crippen LogP) is 2.89. The molecule has 122 valence electrons. The first-order valence-electron chi connectivity index (χ1n) is 7.25. The molecule has 4 nitrogen and oxygen atoms in total. The maximum absolute atomic E-state index is 13.4. The molecule has 2 aromatic carbocycles. The summed E-state index contributed by atoms with van der Waals surface area (Å²) in [5, 5.41) is 14.9. The molecule has 2 amide bonds. The zero-order valence-electron chi connectivity index (χ0n) is 12.4. The van der Waals surface area contributed by atoms with E-state index >= 15 is 0 Å². The summed E-state index contributed by atoms with van der Waals surface area (Å²) in [5.41, 5.74) is 0.848. The van der Waals surface area contributed by atoms with Gasteiger partial charge in [0.25, 0.3) is 0 Å². The Bertz CT molecular complexity index is 650. The summed E-state index contributed by atoms with van der Waals surface area (Å²) in [4.78, 5) is 11.6. The second-order valence-corrected chi connectivity index (χ2v) is 5.06. The van der Waals surface area contributed by atoms with Crippen molar-refractivity contribution in [2.24, 2.45) is 0 Å². The van der Waals surface area contributed by atoms with Crippen LogP contribution in [0.25, 0.3) is 0 Å². The van der Waals surface area contributed by atoms with E-state index in [0.29, 0.717) is 6.42 Å². The van der Waals surface area contributed by atoms with Crippen LogP contribution in [0.4, 0.5) is 13.6 Å². The van der Waals surface area contributed by atoms with Crippen LogP contribution in [-0.2, 0) is 6.54 Å². The van der Waals surface area contributed by atoms with E-state index in [4.69, 9.17) is 0 Å². The fourth-order valence-corrected chi connectivity index (χ4v) is 2.08. The number of aliphatic hydroxyl groups is 1. The van der Waals surface area contributed by atoms with Crippen molar-refractivity contribution in [2.45, 2.75) is 19.1 Å². The summed E-state index contributed by atoms with van der Waals surface area (Å²) in [6.45, 7) is 0.143. The van der Waals surface area contributed by atoms with Crippen molar-refractivity contribution < 1.29 is 18.7 Å². The average Bonchev–Trinajstić information content (AvgIpc) is 2.56. The molecule has 0 aliphatic heterocycles. The molecule has 0 aliphatic rings. The largest absolute Gasteiger partial charge is 0.388 e. The van der Waals surface area contributed by atoms with Gasteiger partial charge in [0.05, 0.1) is 6.10 Å². The van der Waals surface area contributed by atoms with E-state index in [1.165, 1.54) is 0 Å². The van der Waals surface area contributed by atoms with E-state index < -0.39 is 23.8 Å². The normalized spacial score (nSPS) is 11.8. The van der Waals surface area contributed by atoms with Crippen molar-refractivity contribution in [1.29, 1.82) is 0 Å². The summed E-state index contributed by atoms with van der Waals surface area (Å²) in [7, 11) is 0. The number of urea groups is 1. The molecule has 1 unspecified atom stereocenters. The van der Waals surface area contributed by atoms with E-state index in [0.717, 1.165) is 23.8 Å². The van der Waals surface area contributed by atoms with E-state index in [1.54, 1.807) is 12.1 Å². The van der Waals surface area contributed by atoms with Crippen LogP contribution in [0.5, 0.6) is 0 Å². The van der Waals surface area contributed by atoms with Crippen LogP contribution in [-0.4, -0.2) is 17.7 Å². The van der Waals surface area contributed by atoms with Crippen LogP contribution in [0.2, 0.25) is 0 Å². The molecular formula is C17H18F2N2O2. The molecule has 2 aromatic rings. The molecule has 3 N–H and O–H groups in total. The Morgan fingerprint density at radius 1 is 1.09 bits per heavy atom. The maximum atomic E-state index is 13.4. The molecule has 0 saturated heterocycles. The number of aliphatic hydroxyl groups excluding tert-OH is 1. The minimum atomic E-state index is -0.669. The van der Waals surface area contributed by atoms with Gasteiger partial charge in [0, 0.05) is 18.7 Å². The number of hydrogen-bond donors (Lipinski definition) is 3. The molecule has 0 aliphatic carbocycles. The molecule has 0 saturated carbocycles. The van der Waals surface area contributed by atoms with Crippen molar-refractivity contribution >= 4 is 6.03 Å². The minimum Gasteiger partial charge on any atom is -0.388 e. The van der Waals surface area contributed by atoms with Gasteiger partial charge in [0.1, 0.15) is 11.6 Å². The summed E-state index contributed by atoms with van der Waals surface area (Å²) >= 11 is 0. The SMILES string of the molecule is O=C(NCCC(O)c1ccccc1)NCc1cc(F)ccc1F. The van der Waals surface area contributed by atoms with Gasteiger partial charge in [-0.15, -0.1) is 0 Å². The van der Waals surface area contributed by atoms with Gasteiger partial charge in [-0.05, 0) is 30.2 Å². The summed E-state index contributed by atoms with van der Waals surface area (Å²) < 4.78 is 26.4. The lowest BCUT2D eigenvalue weighted by molar-refractivity contribution is 0.167. The van der Waals surface area contributed by atoms with Crippen LogP contribution >= 0.6 is 0 Å². The lowest BCUT2D eigenvalue weighted by Crippen LogP contribution is -2.36. The van der Waals surface area contributed by atoms with Gasteiger partial charge in [0.2, 0.25) is 0 Å². The Balaban J connectivity index is 1.72. The zero-order chi connectivity index (χ0) is 16.7. The number of carbonyl (C=O) groups excluding carboxylic acids is 1. The summed E-state index contributed by atoms with van der Waals surface area (Å²) in [6.07, 6.45) is -0.316. The topological polar surface area (TPSA) is 61.4 Å². The first kappa shape index (κ1) is 16.9. The maximum Gasteiger partial charge on any atom is 0.315 e. The number of amides is 2. The molecule has 0 fully saturated rings. The van der Waals surface area contributed by atoms with E-state index in [9.17, 15) is 18.7 Å². The van der Waals surface area contributed by atoms with Crippen LogP contribution in [0.1, 0.15) is 23.7 Å². The van der Waals surface area contributed by atoms with Crippen molar-refractivity contribution in [2.75, 3.05) is 6.54 Å². The van der Waals surface area contributed by atoms with Gasteiger partial charge in [-0.2, -0.15) is 0 Å². The molecule has 0 heterocycles. The first-order valence-corrected chi connectivity index (χ1v) is 7.25. The van der Waals surface area contributed by atoms with Gasteiger partial charge < -0.3 is 15.7 Å². The zero-order valence-corrected chi connectivity index (χ0v) is 12.4. The molecule has 0 aromatic heterocycles. The highest BCUT2D eigenvalue weighted by Gasteiger charge is 2.09. The quantitative estimate of drug-likeness (QED) is 0.766. The molecule has 0 bridgehead atoms. The van der Waals surface area contributed by atoms with Gasteiger partial charge in [-0.1, -0.05) is 30.3 Å². The smallest absolute Gasteiger partial charge is 0.315 e. The second-order valence-electron chi connectivity index (χ2n) is 5.06. The van der Waals surface area contributed by atoms with Crippen LogP contribution in [0, 0.1) is 11.6 Å². The number of nitrogens with one attached hydrogen (secondary N) is 2. The monoisotopic (exact) mass is 320 g/mol. The summed E-state index contributed by atoms with van der Waals surface area (Å²) in [5.74, 6) is -1.14. The molecule has 2 rings (SSSR count). The number of rotatable bonds is 6. The van der Waals surface area contributed by atoms with Gasteiger partial charge in [0.15, 0.2) is 0 Å². The Morgan fingerprint density at radius 2 is 1.83 bits per heavy atom. The van der Waals surface area contributed by atoms with Crippen molar-refractivity contribution in [1.82, 2.24) is 10.6 Å². The lowest BCUT2D eigenvalue weighted by atomic mass is 10.1. The predicted molar refractivity (Wildman–Crippen MR) is 82.6 cm³/mol. The average molecular weight is 320 g/mol. The molecule has 1 atom stereocenters. The van der Waals surface area contributed by atoms with Crippen LogP contribution < -0.4 is 10.6 Å². The fraction of sp³-hybridized carbons (Fsp3) is 0.235. The molecule has 0 spiro atoms. The third kappa shape index (κ3) is 5.34. The van der Waals surface area contributed by atoms with Crippen LogP contribution in [0.3, 0.4) is 0 Å². The van der Waals surface area contributed by atoms with Crippen molar-refractivity contribution in [3.05, 3.63) is 71.3 Å². The second kappa shape index (κ2) is 8.24. The van der Waals surface area contributed by atoms with Gasteiger partial charge in [-0.3, -0.25) is 0 Å². The Labute approximate surface area is 133 Å². The van der Waals surface area contributed by atoms with E-state index in [1.807, 2.05) is 18.2 Å². The Kier molecular flexibility index (Phi) is 6.05. The molecule has 23 heavy (non-hydrogen) atoms. The standard InChI is InChI=1S/C17H18F2N2O2/c18-14-6-7-15(19)13(10-14)11-21-17(23)20-9-8-16(22)12-4-2-1-3-5-12/h1-7,10,16,22H,8-9,11H2,(H2,20,21,23). The van der Waals surface area contributed by atoms with Crippen LogP contribution in [0.15, 0.2) is 48.5 Å². The Morgan fingerprint density at radius 3 is 2.57 bits per heavy atom. The van der Waals surface area contributed by atoms with E-state index in [2.05, 4.69) is 10.6 Å². The van der Waals surface area contributed by atoms with E-state index in [-0.39, 0.29) is 18.7 Å². The van der Waals surface area contributed by atoms with Gasteiger partial charge in [-0.25, -0.2) is 13.6 Å². The number of halogens is 2. The number of hydrogen-bond acceptors (Lipinski definition) is 2. The Hall–Kier alpha value is -2.47. The molecular weight excluding hydrogens is 302 g/mol. The fourth-order valence-electron chi connectivity index (χ4n) is 2.08. The number of carbonyl (C=O) groups is 1. The minimum absolute atomic E-state index is 0.0736. The first-order chi connectivity index (χ1) is 11.1. The number of benzene rings is 2.